The highest BCUT2D eigenvalue weighted by Crippen LogP contribution is 2.25. The standard InChI is InChI=1S/C22H21N3O5/c1-14-4-3-5-19(15(14)2)23-8-10-24(11-9-23)21(26)18-13-16-12-17(25(28)29)6-7-20(16)30-22(18)27/h3-7,12-13H,8-11H2,1-2H3. The first-order valence-electron chi connectivity index (χ1n) is 9.68. The van der Waals surface area contributed by atoms with Gasteiger partial charge < -0.3 is 14.2 Å². The van der Waals surface area contributed by atoms with E-state index in [1.165, 1.54) is 35.4 Å². The molecule has 154 valence electrons. The number of rotatable bonds is 3. The van der Waals surface area contributed by atoms with Crippen molar-refractivity contribution in [3.05, 3.63) is 79.7 Å². The molecule has 0 spiro atoms. The molecule has 1 saturated heterocycles. The number of carbonyl (C=O) groups excluding carboxylic acids is 1. The highest BCUT2D eigenvalue weighted by molar-refractivity contribution is 5.97. The molecule has 0 saturated carbocycles. The minimum absolute atomic E-state index is 0.108. The first-order chi connectivity index (χ1) is 14.3. The van der Waals surface area contributed by atoms with Crippen molar-refractivity contribution in [2.45, 2.75) is 13.8 Å². The van der Waals surface area contributed by atoms with Crippen LogP contribution in [0.15, 0.2) is 51.7 Å². The molecule has 2 aromatic carbocycles. The van der Waals surface area contributed by atoms with Gasteiger partial charge in [-0.15, -0.1) is 0 Å². The summed E-state index contributed by atoms with van der Waals surface area (Å²) in [7, 11) is 0. The Kier molecular flexibility index (Phi) is 4.99. The summed E-state index contributed by atoms with van der Waals surface area (Å²) in [5.41, 5.74) is 2.82. The van der Waals surface area contributed by atoms with E-state index in [1.807, 2.05) is 6.07 Å². The van der Waals surface area contributed by atoms with E-state index in [0.29, 0.717) is 31.6 Å². The topological polar surface area (TPSA) is 96.9 Å². The molecule has 0 radical (unpaired) electrons. The molecule has 1 aromatic heterocycles. The fraction of sp³-hybridized carbons (Fsp3) is 0.273. The second-order valence-electron chi connectivity index (χ2n) is 7.43. The highest BCUT2D eigenvalue weighted by atomic mass is 16.6. The average Bonchev–Trinajstić information content (AvgIpc) is 2.74. The number of benzene rings is 2. The molecule has 0 N–H and O–H groups in total. The van der Waals surface area contributed by atoms with Gasteiger partial charge in [0.1, 0.15) is 11.1 Å². The van der Waals surface area contributed by atoms with Gasteiger partial charge in [0, 0.05) is 49.4 Å². The number of nitro benzene ring substituents is 1. The van der Waals surface area contributed by atoms with Gasteiger partial charge in [-0.25, -0.2) is 4.79 Å². The number of hydrogen-bond donors (Lipinski definition) is 0. The van der Waals surface area contributed by atoms with Gasteiger partial charge in [-0.05, 0) is 43.2 Å². The number of nitrogens with zero attached hydrogens (tertiary/aromatic N) is 3. The Balaban J connectivity index is 1.56. The third kappa shape index (κ3) is 3.52. The number of hydrogen-bond acceptors (Lipinski definition) is 6. The van der Waals surface area contributed by atoms with Crippen LogP contribution >= 0.6 is 0 Å². The molecular formula is C22H21N3O5. The molecule has 0 bridgehead atoms. The lowest BCUT2D eigenvalue weighted by molar-refractivity contribution is -0.384. The summed E-state index contributed by atoms with van der Waals surface area (Å²) >= 11 is 0. The maximum absolute atomic E-state index is 13.0. The first-order valence-corrected chi connectivity index (χ1v) is 9.68. The number of carbonyl (C=O) groups is 1. The van der Waals surface area contributed by atoms with Crippen LogP contribution in [0.5, 0.6) is 0 Å². The van der Waals surface area contributed by atoms with Gasteiger partial charge in [-0.3, -0.25) is 14.9 Å². The van der Waals surface area contributed by atoms with Gasteiger partial charge in [0.05, 0.1) is 4.92 Å². The third-order valence-electron chi connectivity index (χ3n) is 5.64. The van der Waals surface area contributed by atoms with E-state index in [-0.39, 0.29) is 16.8 Å². The molecule has 2 heterocycles. The monoisotopic (exact) mass is 407 g/mol. The zero-order valence-electron chi connectivity index (χ0n) is 16.8. The second kappa shape index (κ2) is 7.62. The van der Waals surface area contributed by atoms with Crippen LogP contribution in [0.1, 0.15) is 21.5 Å². The van der Waals surface area contributed by atoms with Crippen LogP contribution in [0, 0.1) is 24.0 Å². The van der Waals surface area contributed by atoms with E-state index in [1.54, 1.807) is 4.90 Å². The summed E-state index contributed by atoms with van der Waals surface area (Å²) in [6, 6.07) is 11.5. The SMILES string of the molecule is Cc1cccc(N2CCN(C(=O)c3cc4cc([N+](=O)[O-])ccc4oc3=O)CC2)c1C. The van der Waals surface area contributed by atoms with E-state index < -0.39 is 16.5 Å². The number of anilines is 1. The molecule has 1 aliphatic heterocycles. The summed E-state index contributed by atoms with van der Waals surface area (Å²) in [6.07, 6.45) is 0. The average molecular weight is 407 g/mol. The molecule has 3 aromatic rings. The predicted molar refractivity (Wildman–Crippen MR) is 113 cm³/mol. The minimum atomic E-state index is -0.738. The molecule has 30 heavy (non-hydrogen) atoms. The summed E-state index contributed by atoms with van der Waals surface area (Å²) in [4.78, 5) is 39.6. The van der Waals surface area contributed by atoms with Crippen LogP contribution < -0.4 is 10.5 Å². The zero-order valence-corrected chi connectivity index (χ0v) is 16.8. The van der Waals surface area contributed by atoms with Crippen LogP contribution in [0.4, 0.5) is 11.4 Å². The lowest BCUT2D eigenvalue weighted by Crippen LogP contribution is -2.49. The third-order valence-corrected chi connectivity index (χ3v) is 5.64. The number of non-ortho nitro benzene ring substituents is 1. The van der Waals surface area contributed by atoms with Crippen molar-refractivity contribution >= 4 is 28.3 Å². The van der Waals surface area contributed by atoms with Crippen molar-refractivity contribution in [2.24, 2.45) is 0 Å². The largest absolute Gasteiger partial charge is 0.422 e. The quantitative estimate of drug-likeness (QED) is 0.376. The maximum Gasteiger partial charge on any atom is 0.349 e. The Hall–Kier alpha value is -3.68. The molecular weight excluding hydrogens is 386 g/mol. The second-order valence-corrected chi connectivity index (χ2v) is 7.43. The Morgan fingerprint density at radius 2 is 1.80 bits per heavy atom. The van der Waals surface area contributed by atoms with E-state index in [4.69, 9.17) is 4.42 Å². The highest BCUT2D eigenvalue weighted by Gasteiger charge is 2.26. The van der Waals surface area contributed by atoms with Crippen molar-refractivity contribution in [1.29, 1.82) is 0 Å². The normalized spacial score (nSPS) is 14.2. The van der Waals surface area contributed by atoms with Gasteiger partial charge in [-0.2, -0.15) is 0 Å². The van der Waals surface area contributed by atoms with Crippen LogP contribution in [0.25, 0.3) is 11.0 Å². The van der Waals surface area contributed by atoms with Crippen LogP contribution in [-0.4, -0.2) is 41.9 Å². The molecule has 8 nitrogen and oxygen atoms in total. The van der Waals surface area contributed by atoms with E-state index >= 15 is 0 Å². The molecule has 4 rings (SSSR count). The fourth-order valence-electron chi connectivity index (χ4n) is 3.77. The van der Waals surface area contributed by atoms with Crippen LogP contribution in [0.3, 0.4) is 0 Å². The molecule has 8 heteroatoms. The minimum Gasteiger partial charge on any atom is -0.422 e. The van der Waals surface area contributed by atoms with Gasteiger partial charge in [0.2, 0.25) is 0 Å². The van der Waals surface area contributed by atoms with E-state index in [2.05, 4.69) is 30.9 Å². The number of amides is 1. The summed E-state index contributed by atoms with van der Waals surface area (Å²) in [5, 5.41) is 11.4. The van der Waals surface area contributed by atoms with Crippen LogP contribution in [-0.2, 0) is 0 Å². The van der Waals surface area contributed by atoms with Crippen LogP contribution in [0.2, 0.25) is 0 Å². The van der Waals surface area contributed by atoms with Crippen molar-refractivity contribution < 1.29 is 14.1 Å². The van der Waals surface area contributed by atoms with Crippen molar-refractivity contribution in [1.82, 2.24) is 4.90 Å². The smallest absolute Gasteiger partial charge is 0.349 e. The lowest BCUT2D eigenvalue weighted by atomic mass is 10.1. The number of aryl methyl sites for hydroxylation is 1. The van der Waals surface area contributed by atoms with Crippen molar-refractivity contribution in [2.75, 3.05) is 31.1 Å². The van der Waals surface area contributed by atoms with Gasteiger partial charge in [0.15, 0.2) is 0 Å². The Morgan fingerprint density at radius 1 is 1.07 bits per heavy atom. The Morgan fingerprint density at radius 3 is 2.50 bits per heavy atom. The summed E-state index contributed by atoms with van der Waals surface area (Å²) in [6.45, 7) is 6.40. The molecule has 1 aliphatic rings. The molecule has 0 aliphatic carbocycles. The number of nitro groups is 1. The van der Waals surface area contributed by atoms with Crippen molar-refractivity contribution in [3.8, 4) is 0 Å². The van der Waals surface area contributed by atoms with Gasteiger partial charge >= 0.3 is 5.63 Å². The molecule has 1 fully saturated rings. The summed E-state index contributed by atoms with van der Waals surface area (Å²) in [5.74, 6) is -0.419. The number of piperazine rings is 1. The Labute approximate surface area is 172 Å². The maximum atomic E-state index is 13.0. The zero-order chi connectivity index (χ0) is 21.4. The number of fused-ring (bicyclic) bond motifs is 1. The van der Waals surface area contributed by atoms with Gasteiger partial charge in [-0.1, -0.05) is 12.1 Å². The van der Waals surface area contributed by atoms with Gasteiger partial charge in [0.25, 0.3) is 11.6 Å². The fourth-order valence-corrected chi connectivity index (χ4v) is 3.77. The molecule has 1 amide bonds. The molecule has 0 unspecified atom stereocenters. The van der Waals surface area contributed by atoms with Crippen molar-refractivity contribution in [3.63, 3.8) is 0 Å². The van der Waals surface area contributed by atoms with E-state index in [0.717, 1.165) is 5.69 Å². The molecule has 0 atom stereocenters. The predicted octanol–water partition coefficient (Wildman–Crippen LogP) is 3.28. The lowest BCUT2D eigenvalue weighted by Gasteiger charge is -2.37. The first kappa shape index (κ1) is 19.6. The Bertz CT molecular complexity index is 1210. The summed E-state index contributed by atoms with van der Waals surface area (Å²) < 4.78 is 5.22. The van der Waals surface area contributed by atoms with E-state index in [9.17, 15) is 19.7 Å².